The molecule has 0 fully saturated rings. The zero-order chi connectivity index (χ0) is 6.85. The number of allylic oxidation sites excluding steroid dienone is 2. The first kappa shape index (κ1) is 6.35. The van der Waals surface area contributed by atoms with Gasteiger partial charge in [-0.3, -0.25) is 0 Å². The molecule has 1 aliphatic carbocycles. The molecule has 0 radical (unpaired) electrons. The molecule has 1 atom stereocenters. The lowest BCUT2D eigenvalue weighted by molar-refractivity contribution is 0.669. The van der Waals surface area contributed by atoms with Gasteiger partial charge in [-0.05, 0) is 25.7 Å². The third-order valence-electron chi connectivity index (χ3n) is 2.18. The molecule has 0 N–H and O–H groups in total. The Morgan fingerprint density at radius 3 is 2.56 bits per heavy atom. The van der Waals surface area contributed by atoms with Crippen molar-refractivity contribution in [3.8, 4) is 6.07 Å². The summed E-state index contributed by atoms with van der Waals surface area (Å²) in [5, 5.41) is 8.55. The van der Waals surface area contributed by atoms with Gasteiger partial charge in [-0.25, -0.2) is 0 Å². The zero-order valence-corrected chi connectivity index (χ0v) is 5.94. The van der Waals surface area contributed by atoms with Crippen LogP contribution in [0.2, 0.25) is 0 Å². The highest BCUT2D eigenvalue weighted by molar-refractivity contribution is 5.31. The van der Waals surface area contributed by atoms with Crippen LogP contribution in [0, 0.1) is 17.2 Å². The third-order valence-corrected chi connectivity index (χ3v) is 2.18. The summed E-state index contributed by atoms with van der Waals surface area (Å²) in [5.74, 6) is 0.652. The highest BCUT2D eigenvalue weighted by atomic mass is 14.3. The number of hydrogen-bond acceptors (Lipinski definition) is 1. The Bertz CT molecular complexity index is 183. The van der Waals surface area contributed by atoms with Crippen molar-refractivity contribution in [2.75, 3.05) is 0 Å². The van der Waals surface area contributed by atoms with Crippen molar-refractivity contribution in [2.45, 2.75) is 26.7 Å². The number of rotatable bonds is 0. The van der Waals surface area contributed by atoms with Crippen molar-refractivity contribution in [2.24, 2.45) is 5.92 Å². The van der Waals surface area contributed by atoms with Crippen LogP contribution in [0.4, 0.5) is 0 Å². The SMILES string of the molecule is CC1=C(C#N)CCC1C. The zero-order valence-electron chi connectivity index (χ0n) is 5.94. The largest absolute Gasteiger partial charge is 0.193 e. The lowest BCUT2D eigenvalue weighted by Crippen LogP contribution is -1.86. The van der Waals surface area contributed by atoms with Crippen LogP contribution in [-0.4, -0.2) is 0 Å². The van der Waals surface area contributed by atoms with Crippen molar-refractivity contribution in [3.05, 3.63) is 11.1 Å². The second-order valence-electron chi connectivity index (χ2n) is 2.71. The molecule has 0 saturated heterocycles. The number of nitriles is 1. The Balaban J connectivity index is 2.83. The molecular weight excluding hydrogens is 110 g/mol. The quantitative estimate of drug-likeness (QED) is 0.482. The first-order chi connectivity index (χ1) is 4.25. The van der Waals surface area contributed by atoms with Gasteiger partial charge >= 0.3 is 0 Å². The van der Waals surface area contributed by atoms with Gasteiger partial charge in [-0.2, -0.15) is 5.26 Å². The fraction of sp³-hybridized carbons (Fsp3) is 0.625. The topological polar surface area (TPSA) is 23.8 Å². The van der Waals surface area contributed by atoms with Crippen LogP contribution in [0.15, 0.2) is 11.1 Å². The fourth-order valence-electron chi connectivity index (χ4n) is 1.22. The van der Waals surface area contributed by atoms with E-state index in [1.807, 2.05) is 0 Å². The Hall–Kier alpha value is -0.770. The van der Waals surface area contributed by atoms with E-state index in [1.165, 1.54) is 12.0 Å². The molecular formula is C8H11N. The first-order valence-electron chi connectivity index (χ1n) is 3.35. The van der Waals surface area contributed by atoms with Gasteiger partial charge in [0, 0.05) is 5.57 Å². The van der Waals surface area contributed by atoms with Crippen LogP contribution in [0.5, 0.6) is 0 Å². The molecule has 1 heteroatoms. The van der Waals surface area contributed by atoms with Gasteiger partial charge < -0.3 is 0 Å². The van der Waals surface area contributed by atoms with Crippen LogP contribution >= 0.6 is 0 Å². The Morgan fingerprint density at radius 2 is 2.33 bits per heavy atom. The summed E-state index contributed by atoms with van der Waals surface area (Å²) >= 11 is 0. The molecule has 0 amide bonds. The van der Waals surface area contributed by atoms with E-state index in [0.717, 1.165) is 12.0 Å². The lowest BCUT2D eigenvalue weighted by Gasteiger charge is -1.99. The minimum Gasteiger partial charge on any atom is -0.193 e. The van der Waals surface area contributed by atoms with E-state index in [4.69, 9.17) is 5.26 Å². The molecule has 0 aromatic heterocycles. The molecule has 1 nitrogen and oxygen atoms in total. The summed E-state index contributed by atoms with van der Waals surface area (Å²) in [5.41, 5.74) is 2.32. The molecule has 0 spiro atoms. The van der Waals surface area contributed by atoms with Crippen LogP contribution < -0.4 is 0 Å². The second kappa shape index (κ2) is 2.23. The van der Waals surface area contributed by atoms with E-state index in [0.29, 0.717) is 5.92 Å². The number of hydrogen-bond donors (Lipinski definition) is 0. The van der Waals surface area contributed by atoms with Crippen molar-refractivity contribution in [1.29, 1.82) is 5.26 Å². The Labute approximate surface area is 56.0 Å². The fourth-order valence-corrected chi connectivity index (χ4v) is 1.22. The third kappa shape index (κ3) is 0.977. The summed E-state index contributed by atoms with van der Waals surface area (Å²) in [6.07, 6.45) is 2.18. The van der Waals surface area contributed by atoms with Gasteiger partial charge in [-0.1, -0.05) is 12.5 Å². The molecule has 0 bridgehead atoms. The van der Waals surface area contributed by atoms with Crippen LogP contribution in [0.25, 0.3) is 0 Å². The molecule has 9 heavy (non-hydrogen) atoms. The van der Waals surface area contributed by atoms with Gasteiger partial charge in [0.05, 0.1) is 6.07 Å². The second-order valence-corrected chi connectivity index (χ2v) is 2.71. The van der Waals surface area contributed by atoms with E-state index < -0.39 is 0 Å². The van der Waals surface area contributed by atoms with Gasteiger partial charge in [-0.15, -0.1) is 0 Å². The summed E-state index contributed by atoms with van der Waals surface area (Å²) in [6, 6.07) is 2.22. The van der Waals surface area contributed by atoms with Gasteiger partial charge in [0.2, 0.25) is 0 Å². The van der Waals surface area contributed by atoms with E-state index >= 15 is 0 Å². The Kier molecular flexibility index (Phi) is 1.57. The molecule has 0 aliphatic heterocycles. The highest BCUT2D eigenvalue weighted by Gasteiger charge is 2.16. The molecule has 0 saturated carbocycles. The predicted octanol–water partition coefficient (Wildman–Crippen LogP) is 2.26. The van der Waals surface area contributed by atoms with Crippen LogP contribution in [0.1, 0.15) is 26.7 Å². The summed E-state index contributed by atoms with van der Waals surface area (Å²) in [4.78, 5) is 0. The molecule has 1 unspecified atom stereocenters. The standard InChI is InChI=1S/C8H11N/c1-6-3-4-8(5-9)7(6)2/h6H,3-4H2,1-2H3. The molecule has 0 aromatic rings. The molecule has 0 heterocycles. The first-order valence-corrected chi connectivity index (χ1v) is 3.35. The van der Waals surface area contributed by atoms with Crippen LogP contribution in [-0.2, 0) is 0 Å². The number of nitrogens with zero attached hydrogens (tertiary/aromatic N) is 1. The maximum Gasteiger partial charge on any atom is 0.0946 e. The van der Waals surface area contributed by atoms with E-state index in [9.17, 15) is 0 Å². The summed E-state index contributed by atoms with van der Waals surface area (Å²) in [6.45, 7) is 4.25. The van der Waals surface area contributed by atoms with Crippen molar-refractivity contribution in [3.63, 3.8) is 0 Å². The van der Waals surface area contributed by atoms with E-state index in [1.54, 1.807) is 0 Å². The van der Waals surface area contributed by atoms with Crippen molar-refractivity contribution < 1.29 is 0 Å². The summed E-state index contributed by atoms with van der Waals surface area (Å²) in [7, 11) is 0. The minimum atomic E-state index is 0.652. The normalized spacial score (nSPS) is 26.6. The lowest BCUT2D eigenvalue weighted by atomic mass is 10.1. The van der Waals surface area contributed by atoms with Crippen LogP contribution in [0.3, 0.4) is 0 Å². The molecule has 1 rings (SSSR count). The summed E-state index contributed by atoms with van der Waals surface area (Å²) < 4.78 is 0. The highest BCUT2D eigenvalue weighted by Crippen LogP contribution is 2.30. The van der Waals surface area contributed by atoms with E-state index in [-0.39, 0.29) is 0 Å². The molecule has 0 aromatic carbocycles. The smallest absolute Gasteiger partial charge is 0.0946 e. The van der Waals surface area contributed by atoms with Gasteiger partial charge in [0.1, 0.15) is 0 Å². The minimum absolute atomic E-state index is 0.652. The molecule has 1 aliphatic rings. The maximum absolute atomic E-state index is 8.55. The average Bonchev–Trinajstić information content (AvgIpc) is 2.15. The Morgan fingerprint density at radius 1 is 1.67 bits per heavy atom. The van der Waals surface area contributed by atoms with Gasteiger partial charge in [0.25, 0.3) is 0 Å². The van der Waals surface area contributed by atoms with Crippen molar-refractivity contribution >= 4 is 0 Å². The van der Waals surface area contributed by atoms with Crippen molar-refractivity contribution in [1.82, 2.24) is 0 Å². The average molecular weight is 121 g/mol. The van der Waals surface area contributed by atoms with Gasteiger partial charge in [0.15, 0.2) is 0 Å². The predicted molar refractivity (Wildman–Crippen MR) is 36.7 cm³/mol. The molecule has 48 valence electrons. The monoisotopic (exact) mass is 121 g/mol. The maximum atomic E-state index is 8.55. The van der Waals surface area contributed by atoms with E-state index in [2.05, 4.69) is 19.9 Å².